The van der Waals surface area contributed by atoms with Gasteiger partial charge in [0.05, 0.1) is 0 Å². The van der Waals surface area contributed by atoms with Crippen molar-refractivity contribution in [3.63, 3.8) is 0 Å². The van der Waals surface area contributed by atoms with Crippen LogP contribution in [0.2, 0.25) is 0 Å². The first-order valence-corrected chi connectivity index (χ1v) is 4.90. The number of pyridine rings is 1. The number of nitrogens with zero attached hydrogens (tertiary/aromatic N) is 4. The molecule has 0 unspecified atom stereocenters. The monoisotopic (exact) mass is 233 g/mol. The van der Waals surface area contributed by atoms with E-state index in [9.17, 15) is 9.59 Å². The quantitative estimate of drug-likeness (QED) is 0.776. The number of carbonyl (C=O) groups is 1. The smallest absolute Gasteiger partial charge is 0.258 e. The highest BCUT2D eigenvalue weighted by molar-refractivity contribution is 6.03. The first-order valence-electron chi connectivity index (χ1n) is 4.90. The van der Waals surface area contributed by atoms with Crippen LogP contribution in [0.5, 0.6) is 0 Å². The molecule has 1 amide bonds. The maximum atomic E-state index is 11.8. The van der Waals surface area contributed by atoms with Gasteiger partial charge in [-0.1, -0.05) is 0 Å². The molecule has 0 bridgehead atoms. The minimum absolute atomic E-state index is 0.240. The highest BCUT2D eigenvalue weighted by Crippen LogP contribution is 2.02. The van der Waals surface area contributed by atoms with E-state index in [2.05, 4.69) is 15.4 Å². The Bertz CT molecular complexity index is 613. The molecule has 0 radical (unpaired) electrons. The van der Waals surface area contributed by atoms with Gasteiger partial charge in [-0.2, -0.15) is 10.1 Å². The van der Waals surface area contributed by atoms with E-state index in [0.29, 0.717) is 5.95 Å². The van der Waals surface area contributed by atoms with Crippen molar-refractivity contribution in [1.82, 2.24) is 19.3 Å². The summed E-state index contributed by atoms with van der Waals surface area (Å²) in [6.07, 6.45) is 2.87. The minimum atomic E-state index is -0.390. The van der Waals surface area contributed by atoms with Crippen LogP contribution in [0.25, 0.3) is 0 Å². The Kier molecular flexibility index (Phi) is 2.73. The molecular formula is C10H11N5O2. The van der Waals surface area contributed by atoms with E-state index in [-0.39, 0.29) is 17.0 Å². The van der Waals surface area contributed by atoms with E-state index >= 15 is 0 Å². The Balaban J connectivity index is 2.23. The zero-order valence-electron chi connectivity index (χ0n) is 9.41. The van der Waals surface area contributed by atoms with Crippen LogP contribution in [0, 0.1) is 0 Å². The predicted molar refractivity (Wildman–Crippen MR) is 60.6 cm³/mol. The molecule has 17 heavy (non-hydrogen) atoms. The number of aryl methyl sites for hydroxylation is 2. The Hall–Kier alpha value is -2.44. The molecule has 0 aliphatic heterocycles. The number of anilines is 1. The van der Waals surface area contributed by atoms with Gasteiger partial charge in [0.25, 0.3) is 11.5 Å². The molecule has 7 heteroatoms. The largest absolute Gasteiger partial charge is 0.319 e. The first kappa shape index (κ1) is 11.1. The van der Waals surface area contributed by atoms with Gasteiger partial charge >= 0.3 is 0 Å². The molecule has 0 saturated heterocycles. The van der Waals surface area contributed by atoms with Crippen molar-refractivity contribution in [1.29, 1.82) is 0 Å². The summed E-state index contributed by atoms with van der Waals surface area (Å²) >= 11 is 0. The van der Waals surface area contributed by atoms with Crippen molar-refractivity contribution in [2.24, 2.45) is 14.1 Å². The Morgan fingerprint density at radius 1 is 1.41 bits per heavy atom. The fourth-order valence-electron chi connectivity index (χ4n) is 1.27. The molecule has 0 saturated carbocycles. The van der Waals surface area contributed by atoms with Gasteiger partial charge in [0, 0.05) is 31.9 Å². The number of hydrogen-bond acceptors (Lipinski definition) is 4. The fourth-order valence-corrected chi connectivity index (χ4v) is 1.27. The molecule has 7 nitrogen and oxygen atoms in total. The van der Waals surface area contributed by atoms with Crippen LogP contribution in [0.15, 0.2) is 29.5 Å². The number of amides is 1. The zero-order chi connectivity index (χ0) is 12.4. The van der Waals surface area contributed by atoms with Crippen molar-refractivity contribution in [2.45, 2.75) is 0 Å². The van der Waals surface area contributed by atoms with Crippen molar-refractivity contribution in [2.75, 3.05) is 5.32 Å². The molecule has 2 aromatic heterocycles. The lowest BCUT2D eigenvalue weighted by molar-refractivity contribution is 0.102. The SMILES string of the molecule is Cn1ncnc1NC(=O)c1ccn(C)c(=O)c1. The van der Waals surface area contributed by atoms with Crippen LogP contribution in [-0.2, 0) is 14.1 Å². The van der Waals surface area contributed by atoms with Gasteiger partial charge in [-0.05, 0) is 6.07 Å². The number of hydrogen-bond donors (Lipinski definition) is 1. The van der Waals surface area contributed by atoms with E-state index in [0.717, 1.165) is 0 Å². The molecule has 0 aromatic carbocycles. The highest BCUT2D eigenvalue weighted by Gasteiger charge is 2.09. The maximum Gasteiger partial charge on any atom is 0.258 e. The third-order valence-corrected chi connectivity index (χ3v) is 2.30. The van der Waals surface area contributed by atoms with Crippen LogP contribution in [0.3, 0.4) is 0 Å². The van der Waals surface area contributed by atoms with E-state index < -0.39 is 0 Å². The summed E-state index contributed by atoms with van der Waals surface area (Å²) in [4.78, 5) is 27.0. The van der Waals surface area contributed by atoms with Gasteiger partial charge in [0.1, 0.15) is 6.33 Å². The van der Waals surface area contributed by atoms with Gasteiger partial charge < -0.3 is 4.57 Å². The second-order valence-electron chi connectivity index (χ2n) is 3.53. The molecule has 88 valence electrons. The first-order chi connectivity index (χ1) is 8.08. The standard InChI is InChI=1S/C10H11N5O2/c1-14-4-3-7(5-8(14)16)9(17)13-10-11-6-12-15(10)2/h3-6H,1-2H3,(H,11,12,13,17). The lowest BCUT2D eigenvalue weighted by Gasteiger charge is -2.04. The molecule has 0 aliphatic carbocycles. The summed E-state index contributed by atoms with van der Waals surface area (Å²) in [5.41, 5.74) is 0.0479. The number of aromatic nitrogens is 4. The molecule has 2 heterocycles. The molecule has 2 aromatic rings. The molecule has 0 atom stereocenters. The average Bonchev–Trinajstić information content (AvgIpc) is 2.68. The zero-order valence-corrected chi connectivity index (χ0v) is 9.41. The molecule has 0 spiro atoms. The average molecular weight is 233 g/mol. The summed E-state index contributed by atoms with van der Waals surface area (Å²) < 4.78 is 2.82. The Labute approximate surface area is 96.7 Å². The van der Waals surface area contributed by atoms with Crippen LogP contribution in [-0.4, -0.2) is 25.2 Å². The van der Waals surface area contributed by atoms with Gasteiger partial charge in [0.15, 0.2) is 0 Å². The van der Waals surface area contributed by atoms with Crippen LogP contribution < -0.4 is 10.9 Å². The van der Waals surface area contributed by atoms with E-state index in [1.165, 1.54) is 27.8 Å². The molecule has 0 fully saturated rings. The minimum Gasteiger partial charge on any atom is -0.319 e. The van der Waals surface area contributed by atoms with Crippen molar-refractivity contribution in [3.8, 4) is 0 Å². The van der Waals surface area contributed by atoms with Crippen molar-refractivity contribution in [3.05, 3.63) is 40.6 Å². The van der Waals surface area contributed by atoms with E-state index in [4.69, 9.17) is 0 Å². The topological polar surface area (TPSA) is 81.8 Å². The molecule has 2 rings (SSSR count). The Morgan fingerprint density at radius 3 is 2.76 bits per heavy atom. The van der Waals surface area contributed by atoms with E-state index in [1.807, 2.05) is 0 Å². The summed E-state index contributed by atoms with van der Waals surface area (Å²) in [6, 6.07) is 2.83. The third-order valence-electron chi connectivity index (χ3n) is 2.30. The third kappa shape index (κ3) is 2.22. The summed E-state index contributed by atoms with van der Waals surface area (Å²) in [5, 5.41) is 6.38. The van der Waals surface area contributed by atoms with Crippen molar-refractivity contribution >= 4 is 11.9 Å². The summed E-state index contributed by atoms with van der Waals surface area (Å²) in [6.45, 7) is 0. The fraction of sp³-hybridized carbons (Fsp3) is 0.200. The highest BCUT2D eigenvalue weighted by atomic mass is 16.2. The summed E-state index contributed by atoms with van der Waals surface area (Å²) in [5.74, 6) is -0.0607. The van der Waals surface area contributed by atoms with E-state index in [1.54, 1.807) is 20.2 Å². The number of rotatable bonds is 2. The normalized spacial score (nSPS) is 10.2. The van der Waals surface area contributed by atoms with Crippen LogP contribution in [0.1, 0.15) is 10.4 Å². The number of nitrogens with one attached hydrogen (secondary N) is 1. The second kappa shape index (κ2) is 4.20. The lowest BCUT2D eigenvalue weighted by atomic mass is 10.2. The van der Waals surface area contributed by atoms with Gasteiger partial charge in [0.2, 0.25) is 5.95 Å². The van der Waals surface area contributed by atoms with Crippen LogP contribution in [0.4, 0.5) is 5.95 Å². The molecule has 1 N–H and O–H groups in total. The van der Waals surface area contributed by atoms with Gasteiger partial charge in [-0.15, -0.1) is 0 Å². The van der Waals surface area contributed by atoms with Gasteiger partial charge in [-0.25, -0.2) is 4.68 Å². The lowest BCUT2D eigenvalue weighted by Crippen LogP contribution is -2.21. The maximum absolute atomic E-state index is 11.8. The molecular weight excluding hydrogens is 222 g/mol. The second-order valence-corrected chi connectivity index (χ2v) is 3.53. The van der Waals surface area contributed by atoms with Crippen LogP contribution >= 0.6 is 0 Å². The molecule has 0 aliphatic rings. The van der Waals surface area contributed by atoms with Gasteiger partial charge in [-0.3, -0.25) is 14.9 Å². The number of carbonyl (C=O) groups excluding carboxylic acids is 1. The predicted octanol–water partition coefficient (Wildman–Crippen LogP) is -0.234. The Morgan fingerprint density at radius 2 is 2.18 bits per heavy atom. The summed E-state index contributed by atoms with van der Waals surface area (Å²) in [7, 11) is 3.28. The van der Waals surface area contributed by atoms with Crippen molar-refractivity contribution < 1.29 is 4.79 Å².